The number of hydrogen-bond donors (Lipinski definition) is 2. The Balaban J connectivity index is 1.87. The Hall–Kier alpha value is -1.35. The highest BCUT2D eigenvalue weighted by Crippen LogP contribution is 2.19. The zero-order valence-corrected chi connectivity index (χ0v) is 12.6. The summed E-state index contributed by atoms with van der Waals surface area (Å²) < 4.78 is 0. The molecule has 0 radical (unpaired) electrons. The van der Waals surface area contributed by atoms with Crippen molar-refractivity contribution in [3.63, 3.8) is 0 Å². The van der Waals surface area contributed by atoms with Gasteiger partial charge in [0.1, 0.15) is 0 Å². The molecule has 20 heavy (non-hydrogen) atoms. The van der Waals surface area contributed by atoms with Gasteiger partial charge in [0, 0.05) is 18.2 Å². The van der Waals surface area contributed by atoms with E-state index in [1.807, 2.05) is 24.3 Å². The van der Waals surface area contributed by atoms with Gasteiger partial charge < -0.3 is 10.6 Å². The van der Waals surface area contributed by atoms with Gasteiger partial charge in [-0.25, -0.2) is 0 Å². The molecule has 0 aromatic heterocycles. The van der Waals surface area contributed by atoms with E-state index in [0.717, 1.165) is 25.1 Å². The molecular weight excluding hydrogens is 248 g/mol. The highest BCUT2D eigenvalue weighted by Gasteiger charge is 2.23. The van der Waals surface area contributed by atoms with Crippen molar-refractivity contribution < 1.29 is 4.79 Å². The summed E-state index contributed by atoms with van der Waals surface area (Å²) in [5, 5.41) is 6.60. The lowest BCUT2D eigenvalue weighted by molar-refractivity contribution is 0.0942. The molecule has 2 rings (SSSR count). The molecule has 2 N–H and O–H groups in total. The van der Waals surface area contributed by atoms with E-state index in [-0.39, 0.29) is 5.91 Å². The third-order valence-electron chi connectivity index (χ3n) is 4.36. The Bertz CT molecular complexity index is 427. The molecule has 1 aromatic carbocycles. The van der Waals surface area contributed by atoms with Crippen LogP contribution in [0.2, 0.25) is 0 Å². The molecule has 1 aliphatic heterocycles. The van der Waals surface area contributed by atoms with Crippen molar-refractivity contribution >= 4 is 5.91 Å². The number of aryl methyl sites for hydroxylation is 1. The third kappa shape index (κ3) is 3.83. The van der Waals surface area contributed by atoms with Crippen LogP contribution in [0.4, 0.5) is 0 Å². The normalized spacial score (nSPS) is 22.5. The maximum atomic E-state index is 12.1. The quantitative estimate of drug-likeness (QED) is 0.867. The van der Waals surface area contributed by atoms with Crippen LogP contribution < -0.4 is 10.6 Å². The average molecular weight is 274 g/mol. The molecular formula is C17H26N2O. The molecule has 2 unspecified atom stereocenters. The minimum Gasteiger partial charge on any atom is -0.350 e. The second-order valence-electron chi connectivity index (χ2n) is 5.63. The highest BCUT2D eigenvalue weighted by atomic mass is 16.1. The van der Waals surface area contributed by atoms with E-state index in [1.54, 1.807) is 0 Å². The van der Waals surface area contributed by atoms with Gasteiger partial charge in [-0.2, -0.15) is 0 Å². The minimum absolute atomic E-state index is 0.0369. The second kappa shape index (κ2) is 7.44. The van der Waals surface area contributed by atoms with Crippen molar-refractivity contribution in [2.24, 2.45) is 5.92 Å². The van der Waals surface area contributed by atoms with Crippen LogP contribution in [0.15, 0.2) is 24.3 Å². The molecule has 3 nitrogen and oxygen atoms in total. The van der Waals surface area contributed by atoms with E-state index in [2.05, 4.69) is 24.5 Å². The van der Waals surface area contributed by atoms with E-state index in [4.69, 9.17) is 0 Å². The summed E-state index contributed by atoms with van der Waals surface area (Å²) >= 11 is 0. The van der Waals surface area contributed by atoms with Crippen LogP contribution in [0.25, 0.3) is 0 Å². The fourth-order valence-electron chi connectivity index (χ4n) is 2.94. The summed E-state index contributed by atoms with van der Waals surface area (Å²) in [5.41, 5.74) is 2.02. The molecule has 1 amide bonds. The van der Waals surface area contributed by atoms with E-state index in [9.17, 15) is 4.79 Å². The molecule has 2 atom stereocenters. The molecule has 1 aromatic rings. The van der Waals surface area contributed by atoms with Gasteiger partial charge in [0.05, 0.1) is 0 Å². The van der Waals surface area contributed by atoms with E-state index >= 15 is 0 Å². The van der Waals surface area contributed by atoms with Crippen LogP contribution in [-0.4, -0.2) is 25.0 Å². The molecule has 0 bridgehead atoms. The van der Waals surface area contributed by atoms with Gasteiger partial charge in [-0.3, -0.25) is 4.79 Å². The van der Waals surface area contributed by atoms with Crippen molar-refractivity contribution in [2.75, 3.05) is 13.1 Å². The van der Waals surface area contributed by atoms with E-state index in [1.165, 1.54) is 24.8 Å². The van der Waals surface area contributed by atoms with Crippen molar-refractivity contribution in [1.29, 1.82) is 0 Å². The molecule has 0 saturated carbocycles. The van der Waals surface area contributed by atoms with E-state index < -0.39 is 0 Å². The monoisotopic (exact) mass is 274 g/mol. The van der Waals surface area contributed by atoms with E-state index in [0.29, 0.717) is 12.0 Å². The number of hydrogen-bond acceptors (Lipinski definition) is 2. The first-order valence-corrected chi connectivity index (χ1v) is 7.85. The third-order valence-corrected chi connectivity index (χ3v) is 4.36. The highest BCUT2D eigenvalue weighted by molar-refractivity contribution is 5.94. The summed E-state index contributed by atoms with van der Waals surface area (Å²) in [5.74, 6) is 0.724. The summed E-state index contributed by atoms with van der Waals surface area (Å²) in [4.78, 5) is 12.1. The summed E-state index contributed by atoms with van der Waals surface area (Å²) in [7, 11) is 0. The number of carbonyl (C=O) groups is 1. The molecule has 0 spiro atoms. The van der Waals surface area contributed by atoms with Crippen molar-refractivity contribution in [2.45, 2.75) is 45.6 Å². The number of carbonyl (C=O) groups excluding carboxylic acids is 1. The van der Waals surface area contributed by atoms with Crippen LogP contribution in [-0.2, 0) is 6.42 Å². The molecule has 1 aliphatic rings. The molecule has 0 aliphatic carbocycles. The maximum absolute atomic E-state index is 12.1. The number of rotatable bonds is 5. The van der Waals surface area contributed by atoms with Crippen LogP contribution in [0.1, 0.15) is 49.0 Å². The van der Waals surface area contributed by atoms with Crippen LogP contribution in [0.5, 0.6) is 0 Å². The van der Waals surface area contributed by atoms with Gasteiger partial charge in [0.25, 0.3) is 5.91 Å². The molecule has 3 heteroatoms. The summed E-state index contributed by atoms with van der Waals surface area (Å²) in [6, 6.07) is 8.32. The Kier molecular flexibility index (Phi) is 5.60. The smallest absolute Gasteiger partial charge is 0.251 e. The summed E-state index contributed by atoms with van der Waals surface area (Å²) in [6.07, 6.45) is 4.71. The topological polar surface area (TPSA) is 41.1 Å². The van der Waals surface area contributed by atoms with Gasteiger partial charge in [0.2, 0.25) is 0 Å². The SMILES string of the molecule is CCc1ccc(C(=O)NCC2NCCCC2CC)cc1. The summed E-state index contributed by atoms with van der Waals surface area (Å²) in [6.45, 7) is 6.15. The molecule has 1 fully saturated rings. The van der Waals surface area contributed by atoms with Crippen LogP contribution >= 0.6 is 0 Å². The molecule has 110 valence electrons. The Morgan fingerprint density at radius 3 is 2.70 bits per heavy atom. The maximum Gasteiger partial charge on any atom is 0.251 e. The Labute approximate surface area is 122 Å². The minimum atomic E-state index is 0.0369. The predicted octanol–water partition coefficient (Wildman–Crippen LogP) is 2.76. The van der Waals surface area contributed by atoms with Gasteiger partial charge >= 0.3 is 0 Å². The van der Waals surface area contributed by atoms with Gasteiger partial charge in [-0.15, -0.1) is 0 Å². The number of piperidine rings is 1. The first kappa shape index (κ1) is 15.0. The predicted molar refractivity (Wildman–Crippen MR) is 83.0 cm³/mol. The number of amides is 1. The zero-order valence-electron chi connectivity index (χ0n) is 12.6. The van der Waals surface area contributed by atoms with Gasteiger partial charge in [-0.1, -0.05) is 32.4 Å². The van der Waals surface area contributed by atoms with Crippen LogP contribution in [0, 0.1) is 5.92 Å². The van der Waals surface area contributed by atoms with Gasteiger partial charge in [0.15, 0.2) is 0 Å². The lowest BCUT2D eigenvalue weighted by Crippen LogP contribution is -2.48. The standard InChI is InChI=1S/C17H26N2O/c1-3-13-7-9-15(10-8-13)17(20)19-12-16-14(4-2)6-5-11-18-16/h7-10,14,16,18H,3-6,11-12H2,1-2H3,(H,19,20). The van der Waals surface area contributed by atoms with Crippen molar-refractivity contribution in [3.8, 4) is 0 Å². The fourth-order valence-corrected chi connectivity index (χ4v) is 2.94. The first-order chi connectivity index (χ1) is 9.74. The number of nitrogens with one attached hydrogen (secondary N) is 2. The first-order valence-electron chi connectivity index (χ1n) is 7.85. The Morgan fingerprint density at radius 1 is 1.30 bits per heavy atom. The largest absolute Gasteiger partial charge is 0.350 e. The zero-order chi connectivity index (χ0) is 14.4. The lowest BCUT2D eigenvalue weighted by Gasteiger charge is -2.32. The average Bonchev–Trinajstić information content (AvgIpc) is 2.53. The van der Waals surface area contributed by atoms with Crippen molar-refractivity contribution in [1.82, 2.24) is 10.6 Å². The van der Waals surface area contributed by atoms with Crippen LogP contribution in [0.3, 0.4) is 0 Å². The second-order valence-corrected chi connectivity index (χ2v) is 5.63. The lowest BCUT2D eigenvalue weighted by atomic mass is 9.88. The molecule has 1 saturated heterocycles. The fraction of sp³-hybridized carbons (Fsp3) is 0.588. The van der Waals surface area contributed by atoms with Gasteiger partial charge in [-0.05, 0) is 49.4 Å². The number of benzene rings is 1. The van der Waals surface area contributed by atoms with Crippen molar-refractivity contribution in [3.05, 3.63) is 35.4 Å². The molecule has 1 heterocycles. The Morgan fingerprint density at radius 2 is 2.05 bits per heavy atom.